The molecule has 0 amide bonds. The van der Waals surface area contributed by atoms with E-state index >= 15 is 0 Å². The highest BCUT2D eigenvalue weighted by molar-refractivity contribution is 5.13. The number of unbranched alkanes of at least 4 members (excludes halogenated alkanes) is 3. The maximum atomic E-state index is 9.48. The molecule has 12 heavy (non-hydrogen) atoms. The van der Waals surface area contributed by atoms with E-state index in [1.807, 2.05) is 0 Å². The average Bonchev–Trinajstić information content (AvgIpc) is 2.46. The molecular weight excluding hydrogens is 148 g/mol. The van der Waals surface area contributed by atoms with Crippen molar-refractivity contribution in [3.8, 4) is 0 Å². The topological polar surface area (TPSA) is 20.2 Å². The second-order valence-electron chi connectivity index (χ2n) is 3.68. The Bertz CT molecular complexity index is 149. The van der Waals surface area contributed by atoms with E-state index in [9.17, 15) is 5.11 Å². The van der Waals surface area contributed by atoms with E-state index in [0.29, 0.717) is 0 Å². The van der Waals surface area contributed by atoms with Gasteiger partial charge in [0.2, 0.25) is 0 Å². The molecule has 0 fully saturated rings. The number of rotatable bonds is 5. The normalized spacial score (nSPS) is 22.8. The maximum absolute atomic E-state index is 9.48. The molecule has 0 aliphatic heterocycles. The van der Waals surface area contributed by atoms with Crippen molar-refractivity contribution in [2.24, 2.45) is 0 Å². The van der Waals surface area contributed by atoms with E-state index in [2.05, 4.69) is 13.0 Å². The van der Waals surface area contributed by atoms with Gasteiger partial charge in [0, 0.05) is 0 Å². The Labute approximate surface area is 75.5 Å². The third-order valence-electron chi connectivity index (χ3n) is 2.59. The Hall–Kier alpha value is -0.300. The van der Waals surface area contributed by atoms with Crippen LogP contribution in [0.4, 0.5) is 0 Å². The van der Waals surface area contributed by atoms with Crippen molar-refractivity contribution >= 4 is 0 Å². The molecule has 1 aliphatic rings. The molecule has 0 radical (unpaired) electrons. The smallest absolute Gasteiger partial charge is 0.0753 e. The second kappa shape index (κ2) is 5.36. The van der Waals surface area contributed by atoms with Crippen molar-refractivity contribution in [3.05, 3.63) is 11.6 Å². The van der Waals surface area contributed by atoms with Crippen LogP contribution in [-0.2, 0) is 0 Å². The minimum Gasteiger partial charge on any atom is -0.389 e. The quantitative estimate of drug-likeness (QED) is 0.494. The molecule has 1 rings (SSSR count). The highest BCUT2D eigenvalue weighted by Crippen LogP contribution is 2.23. The molecule has 1 nitrogen and oxygen atoms in total. The Morgan fingerprint density at radius 3 is 2.83 bits per heavy atom. The molecule has 0 bridgehead atoms. The van der Waals surface area contributed by atoms with Crippen LogP contribution in [-0.4, -0.2) is 11.2 Å². The summed E-state index contributed by atoms with van der Waals surface area (Å²) < 4.78 is 0. The molecular formula is C11H20O. The van der Waals surface area contributed by atoms with E-state index in [1.165, 1.54) is 31.3 Å². The van der Waals surface area contributed by atoms with Crippen molar-refractivity contribution in [2.75, 3.05) is 0 Å². The molecule has 0 aromatic rings. The van der Waals surface area contributed by atoms with Crippen LogP contribution in [0, 0.1) is 0 Å². The van der Waals surface area contributed by atoms with Crippen molar-refractivity contribution in [1.82, 2.24) is 0 Å². The first kappa shape index (κ1) is 9.79. The summed E-state index contributed by atoms with van der Waals surface area (Å²) in [5.41, 5.74) is 1.30. The fourth-order valence-electron chi connectivity index (χ4n) is 1.77. The van der Waals surface area contributed by atoms with Crippen LogP contribution in [0.5, 0.6) is 0 Å². The number of hydrogen-bond acceptors (Lipinski definition) is 1. The van der Waals surface area contributed by atoms with Crippen LogP contribution in [0.15, 0.2) is 11.6 Å². The van der Waals surface area contributed by atoms with Crippen LogP contribution >= 0.6 is 0 Å². The molecule has 0 saturated carbocycles. The summed E-state index contributed by atoms with van der Waals surface area (Å²) in [6, 6.07) is 0. The predicted octanol–water partition coefficient (Wildman–Crippen LogP) is 3.04. The van der Waals surface area contributed by atoms with Crippen molar-refractivity contribution in [2.45, 2.75) is 58.0 Å². The largest absolute Gasteiger partial charge is 0.389 e. The first-order valence-electron chi connectivity index (χ1n) is 5.21. The van der Waals surface area contributed by atoms with Gasteiger partial charge in [0.1, 0.15) is 0 Å². The number of aliphatic hydroxyl groups excluding tert-OH is 1. The number of hydrogen-bond donors (Lipinski definition) is 1. The lowest BCUT2D eigenvalue weighted by Crippen LogP contribution is -2.04. The van der Waals surface area contributed by atoms with Crippen LogP contribution in [0.1, 0.15) is 51.9 Å². The molecule has 0 saturated heterocycles. The maximum Gasteiger partial charge on any atom is 0.0753 e. The summed E-state index contributed by atoms with van der Waals surface area (Å²) in [5, 5.41) is 9.48. The summed E-state index contributed by atoms with van der Waals surface area (Å²) in [6.07, 6.45) is 10.5. The monoisotopic (exact) mass is 168 g/mol. The minimum atomic E-state index is -0.105. The second-order valence-corrected chi connectivity index (χ2v) is 3.68. The lowest BCUT2D eigenvalue weighted by Gasteiger charge is -2.07. The third kappa shape index (κ3) is 2.98. The van der Waals surface area contributed by atoms with Gasteiger partial charge in [-0.2, -0.15) is 0 Å². The first-order valence-corrected chi connectivity index (χ1v) is 5.21. The summed E-state index contributed by atoms with van der Waals surface area (Å²) in [5.74, 6) is 0. The predicted molar refractivity (Wildman–Crippen MR) is 52.1 cm³/mol. The van der Waals surface area contributed by atoms with E-state index in [-0.39, 0.29) is 6.10 Å². The SMILES string of the molecule is CCCCCCC1=CCCC1O. The fraction of sp³-hybridized carbons (Fsp3) is 0.818. The summed E-state index contributed by atoms with van der Waals surface area (Å²) in [6.45, 7) is 2.23. The lowest BCUT2D eigenvalue weighted by atomic mass is 10.0. The van der Waals surface area contributed by atoms with Gasteiger partial charge < -0.3 is 5.11 Å². The molecule has 0 heterocycles. The van der Waals surface area contributed by atoms with Crippen LogP contribution in [0.3, 0.4) is 0 Å². The Morgan fingerprint density at radius 1 is 1.42 bits per heavy atom. The van der Waals surface area contributed by atoms with E-state index in [0.717, 1.165) is 19.3 Å². The Balaban J connectivity index is 2.06. The summed E-state index contributed by atoms with van der Waals surface area (Å²) in [7, 11) is 0. The third-order valence-corrected chi connectivity index (χ3v) is 2.59. The van der Waals surface area contributed by atoms with Crippen molar-refractivity contribution in [1.29, 1.82) is 0 Å². The first-order chi connectivity index (χ1) is 5.84. The van der Waals surface area contributed by atoms with Crippen LogP contribution < -0.4 is 0 Å². The Morgan fingerprint density at radius 2 is 2.25 bits per heavy atom. The number of aliphatic hydroxyl groups is 1. The van der Waals surface area contributed by atoms with Gasteiger partial charge in [-0.05, 0) is 31.3 Å². The Kier molecular flexibility index (Phi) is 4.37. The zero-order valence-corrected chi connectivity index (χ0v) is 8.05. The van der Waals surface area contributed by atoms with E-state index in [1.54, 1.807) is 0 Å². The highest BCUT2D eigenvalue weighted by Gasteiger charge is 2.14. The average molecular weight is 168 g/mol. The lowest BCUT2D eigenvalue weighted by molar-refractivity contribution is 0.207. The van der Waals surface area contributed by atoms with Crippen LogP contribution in [0.25, 0.3) is 0 Å². The van der Waals surface area contributed by atoms with Crippen molar-refractivity contribution < 1.29 is 5.11 Å². The molecule has 1 unspecified atom stereocenters. The molecule has 1 atom stereocenters. The zero-order chi connectivity index (χ0) is 8.81. The highest BCUT2D eigenvalue weighted by atomic mass is 16.3. The van der Waals surface area contributed by atoms with Gasteiger partial charge in [-0.1, -0.05) is 32.3 Å². The van der Waals surface area contributed by atoms with Gasteiger partial charge in [0.15, 0.2) is 0 Å². The summed E-state index contributed by atoms with van der Waals surface area (Å²) >= 11 is 0. The van der Waals surface area contributed by atoms with Gasteiger partial charge in [-0.15, -0.1) is 0 Å². The molecule has 1 N–H and O–H groups in total. The molecule has 1 aliphatic carbocycles. The van der Waals surface area contributed by atoms with Crippen LogP contribution in [0.2, 0.25) is 0 Å². The van der Waals surface area contributed by atoms with Crippen molar-refractivity contribution in [3.63, 3.8) is 0 Å². The zero-order valence-electron chi connectivity index (χ0n) is 8.05. The van der Waals surface area contributed by atoms with Gasteiger partial charge in [0.05, 0.1) is 6.10 Å². The van der Waals surface area contributed by atoms with Gasteiger partial charge in [-0.25, -0.2) is 0 Å². The fourth-order valence-corrected chi connectivity index (χ4v) is 1.77. The number of allylic oxidation sites excluding steroid dienone is 1. The molecule has 0 aromatic carbocycles. The van der Waals surface area contributed by atoms with Gasteiger partial charge >= 0.3 is 0 Å². The van der Waals surface area contributed by atoms with Gasteiger partial charge in [0.25, 0.3) is 0 Å². The summed E-state index contributed by atoms with van der Waals surface area (Å²) in [4.78, 5) is 0. The van der Waals surface area contributed by atoms with E-state index < -0.39 is 0 Å². The molecule has 70 valence electrons. The molecule has 0 spiro atoms. The minimum absolute atomic E-state index is 0.105. The van der Waals surface area contributed by atoms with Gasteiger partial charge in [-0.3, -0.25) is 0 Å². The molecule has 0 aromatic heterocycles. The molecule has 1 heteroatoms. The van der Waals surface area contributed by atoms with E-state index in [4.69, 9.17) is 0 Å². The standard InChI is InChI=1S/C11H20O/c1-2-3-4-5-7-10-8-6-9-11(10)12/h8,11-12H,2-7,9H2,1H3.